The molecule has 0 atom stereocenters. The molecule has 1 fully saturated rings. The summed E-state index contributed by atoms with van der Waals surface area (Å²) in [6.45, 7) is 3.79. The van der Waals surface area contributed by atoms with Crippen LogP contribution in [-0.2, 0) is 23.3 Å². The van der Waals surface area contributed by atoms with E-state index in [0.717, 1.165) is 51.2 Å². The number of rotatable bonds is 2. The number of piperidine rings is 1. The first kappa shape index (κ1) is 14.1. The average Bonchev–Trinajstić information content (AvgIpc) is 3.26. The predicted octanol–water partition coefficient (Wildman–Crippen LogP) is 1.52. The van der Waals surface area contributed by atoms with E-state index in [0.29, 0.717) is 0 Å². The van der Waals surface area contributed by atoms with Gasteiger partial charge in [-0.2, -0.15) is 10.2 Å². The molecule has 1 spiro atoms. The van der Waals surface area contributed by atoms with Crippen molar-refractivity contribution in [3.63, 3.8) is 0 Å². The van der Waals surface area contributed by atoms with Crippen molar-refractivity contribution in [2.75, 3.05) is 19.7 Å². The summed E-state index contributed by atoms with van der Waals surface area (Å²) in [6, 6.07) is 4.23. The predicted molar refractivity (Wildman–Crippen MR) is 87.4 cm³/mol. The number of hydrogen-bond donors (Lipinski definition) is 1. The summed E-state index contributed by atoms with van der Waals surface area (Å²) in [6.07, 6.45) is 8.51. The zero-order valence-corrected chi connectivity index (χ0v) is 13.5. The van der Waals surface area contributed by atoms with Gasteiger partial charge >= 0.3 is 0 Å². The molecule has 5 heterocycles. The van der Waals surface area contributed by atoms with Crippen LogP contribution in [0.1, 0.15) is 29.7 Å². The van der Waals surface area contributed by atoms with Crippen molar-refractivity contribution >= 4 is 5.65 Å². The van der Waals surface area contributed by atoms with Crippen LogP contribution in [0.4, 0.5) is 0 Å². The molecule has 7 heteroatoms. The van der Waals surface area contributed by atoms with Crippen LogP contribution in [0.15, 0.2) is 30.9 Å². The number of fused-ring (bicyclic) bond motifs is 3. The summed E-state index contributed by atoms with van der Waals surface area (Å²) in [5.41, 5.74) is 4.56. The highest BCUT2D eigenvalue weighted by atomic mass is 16.5. The molecule has 1 saturated heterocycles. The average molecular weight is 324 g/mol. The van der Waals surface area contributed by atoms with Gasteiger partial charge in [-0.25, -0.2) is 9.50 Å². The van der Waals surface area contributed by atoms with Crippen molar-refractivity contribution in [2.45, 2.75) is 31.4 Å². The molecule has 2 aliphatic rings. The topological polar surface area (TPSA) is 71.3 Å². The normalized spacial score (nSPS) is 20.5. The van der Waals surface area contributed by atoms with Gasteiger partial charge in [0.15, 0.2) is 5.65 Å². The largest absolute Gasteiger partial charge is 0.368 e. The second-order valence-corrected chi connectivity index (χ2v) is 6.74. The summed E-state index contributed by atoms with van der Waals surface area (Å²) in [4.78, 5) is 6.75. The lowest BCUT2D eigenvalue weighted by molar-refractivity contribution is -0.102. The van der Waals surface area contributed by atoms with Gasteiger partial charge in [0, 0.05) is 25.8 Å². The van der Waals surface area contributed by atoms with Gasteiger partial charge in [0.25, 0.3) is 0 Å². The van der Waals surface area contributed by atoms with Crippen LogP contribution in [0.25, 0.3) is 5.65 Å². The van der Waals surface area contributed by atoms with Gasteiger partial charge in [0.1, 0.15) is 11.9 Å². The summed E-state index contributed by atoms with van der Waals surface area (Å²) in [5.74, 6) is 0. The fourth-order valence-corrected chi connectivity index (χ4v) is 4.00. The van der Waals surface area contributed by atoms with E-state index in [9.17, 15) is 0 Å². The highest BCUT2D eigenvalue weighted by molar-refractivity contribution is 5.39. The molecule has 124 valence electrons. The van der Waals surface area contributed by atoms with Crippen LogP contribution in [0.3, 0.4) is 0 Å². The van der Waals surface area contributed by atoms with Crippen LogP contribution in [0, 0.1) is 0 Å². The molecule has 24 heavy (non-hydrogen) atoms. The minimum atomic E-state index is -0.155. The Hall–Kier alpha value is -2.25. The standard InChI is InChI=1S/C17H20N6O/c1-5-23-15(18-12-20-23)9-13(1)11-22-6-3-17(4-7-22)16-14(2-8-24-17)10-19-21-16/h1,5,9-10,12H,2-4,6-8,11H2,(H,19,21). The van der Waals surface area contributed by atoms with Gasteiger partial charge in [-0.1, -0.05) is 0 Å². The van der Waals surface area contributed by atoms with Crippen LogP contribution in [0.2, 0.25) is 0 Å². The maximum atomic E-state index is 6.22. The van der Waals surface area contributed by atoms with Crippen LogP contribution in [-0.4, -0.2) is 49.4 Å². The van der Waals surface area contributed by atoms with E-state index in [4.69, 9.17) is 4.74 Å². The van der Waals surface area contributed by atoms with Crippen molar-refractivity contribution < 1.29 is 4.74 Å². The number of pyridine rings is 1. The Morgan fingerprint density at radius 3 is 3.12 bits per heavy atom. The number of hydrogen-bond acceptors (Lipinski definition) is 5. The molecule has 7 nitrogen and oxygen atoms in total. The Morgan fingerprint density at radius 1 is 1.29 bits per heavy atom. The van der Waals surface area contributed by atoms with Crippen molar-refractivity contribution in [1.29, 1.82) is 0 Å². The van der Waals surface area contributed by atoms with Gasteiger partial charge in [-0.05, 0) is 42.5 Å². The molecule has 2 aliphatic heterocycles. The number of ether oxygens (including phenoxy) is 1. The van der Waals surface area contributed by atoms with Crippen molar-refractivity contribution in [3.8, 4) is 0 Å². The van der Waals surface area contributed by atoms with Crippen LogP contribution >= 0.6 is 0 Å². The number of nitrogens with one attached hydrogen (secondary N) is 1. The minimum Gasteiger partial charge on any atom is -0.368 e. The molecule has 3 aromatic heterocycles. The molecule has 0 unspecified atom stereocenters. The zero-order chi connectivity index (χ0) is 16.0. The second kappa shape index (κ2) is 5.39. The summed E-state index contributed by atoms with van der Waals surface area (Å²) < 4.78 is 8.01. The van der Waals surface area contributed by atoms with Gasteiger partial charge in [-0.3, -0.25) is 10.00 Å². The van der Waals surface area contributed by atoms with Crippen molar-refractivity contribution in [2.24, 2.45) is 0 Å². The second-order valence-electron chi connectivity index (χ2n) is 6.74. The highest BCUT2D eigenvalue weighted by Gasteiger charge is 2.42. The van der Waals surface area contributed by atoms with E-state index in [1.165, 1.54) is 16.8 Å². The highest BCUT2D eigenvalue weighted by Crippen LogP contribution is 2.40. The lowest BCUT2D eigenvalue weighted by Gasteiger charge is -2.43. The zero-order valence-electron chi connectivity index (χ0n) is 13.5. The monoisotopic (exact) mass is 324 g/mol. The smallest absolute Gasteiger partial charge is 0.155 e. The fourth-order valence-electron chi connectivity index (χ4n) is 4.00. The van der Waals surface area contributed by atoms with Crippen molar-refractivity contribution in [1.82, 2.24) is 29.7 Å². The number of H-pyrrole nitrogens is 1. The lowest BCUT2D eigenvalue weighted by Crippen LogP contribution is -2.46. The molecule has 0 saturated carbocycles. The van der Waals surface area contributed by atoms with Gasteiger partial charge in [0.2, 0.25) is 0 Å². The molecular weight excluding hydrogens is 304 g/mol. The number of aromatic nitrogens is 5. The lowest BCUT2D eigenvalue weighted by atomic mass is 9.83. The first-order chi connectivity index (χ1) is 11.8. The third kappa shape index (κ3) is 2.23. The Bertz CT molecular complexity index is 861. The maximum absolute atomic E-state index is 6.22. The van der Waals surface area contributed by atoms with Gasteiger partial charge < -0.3 is 4.74 Å². The Labute approximate surface area is 139 Å². The van der Waals surface area contributed by atoms with E-state index < -0.39 is 0 Å². The Morgan fingerprint density at radius 2 is 2.21 bits per heavy atom. The number of nitrogens with zero attached hydrogens (tertiary/aromatic N) is 5. The van der Waals surface area contributed by atoms with Gasteiger partial charge in [-0.15, -0.1) is 0 Å². The molecular formula is C17H20N6O. The number of aromatic amines is 1. The summed E-state index contributed by atoms with van der Waals surface area (Å²) >= 11 is 0. The first-order valence-corrected chi connectivity index (χ1v) is 8.50. The van der Waals surface area contributed by atoms with E-state index in [1.54, 1.807) is 10.8 Å². The Balaban J connectivity index is 1.31. The van der Waals surface area contributed by atoms with E-state index >= 15 is 0 Å². The molecule has 5 rings (SSSR count). The van der Waals surface area contributed by atoms with Crippen LogP contribution < -0.4 is 0 Å². The third-order valence-electron chi connectivity index (χ3n) is 5.34. The van der Waals surface area contributed by atoms with Crippen LogP contribution in [0.5, 0.6) is 0 Å². The third-order valence-corrected chi connectivity index (χ3v) is 5.34. The maximum Gasteiger partial charge on any atom is 0.155 e. The van der Waals surface area contributed by atoms with Crippen molar-refractivity contribution in [3.05, 3.63) is 47.7 Å². The quantitative estimate of drug-likeness (QED) is 0.774. The molecule has 0 aliphatic carbocycles. The summed E-state index contributed by atoms with van der Waals surface area (Å²) in [5, 5.41) is 11.6. The van der Waals surface area contributed by atoms with E-state index in [1.807, 2.05) is 12.4 Å². The molecule has 1 N–H and O–H groups in total. The SMILES string of the molecule is c1nc2cc(CN3CCC4(CC3)OCCc3cn[nH]c34)ccn2n1. The van der Waals surface area contributed by atoms with E-state index in [-0.39, 0.29) is 5.60 Å². The molecule has 0 bridgehead atoms. The Kier molecular flexibility index (Phi) is 3.17. The first-order valence-electron chi connectivity index (χ1n) is 8.50. The molecule has 0 radical (unpaired) electrons. The molecule has 3 aromatic rings. The molecule has 0 amide bonds. The minimum absolute atomic E-state index is 0.155. The van der Waals surface area contributed by atoms with Gasteiger partial charge in [0.05, 0.1) is 18.5 Å². The van der Waals surface area contributed by atoms with E-state index in [2.05, 4.69) is 37.3 Å². The fraction of sp³-hybridized carbons (Fsp3) is 0.471. The number of likely N-dealkylation sites (tertiary alicyclic amines) is 1. The molecule has 0 aromatic carbocycles. The summed E-state index contributed by atoms with van der Waals surface area (Å²) in [7, 11) is 0.